The van der Waals surface area contributed by atoms with Gasteiger partial charge in [0.05, 0.1) is 5.25 Å². The Hall–Kier alpha value is -0.210. The lowest BCUT2D eigenvalue weighted by Crippen LogP contribution is -2.28. The molecule has 1 saturated carbocycles. The van der Waals surface area contributed by atoms with Crippen molar-refractivity contribution in [1.82, 2.24) is 0 Å². The molecule has 1 aliphatic carbocycles. The van der Waals surface area contributed by atoms with E-state index in [1.165, 1.54) is 18.0 Å². The van der Waals surface area contributed by atoms with E-state index in [-0.39, 0.29) is 5.25 Å². The van der Waals surface area contributed by atoms with Crippen molar-refractivity contribution in [3.05, 3.63) is 0 Å². The second kappa shape index (κ2) is 5.04. The lowest BCUT2D eigenvalue weighted by atomic mass is 9.90. The van der Waals surface area contributed by atoms with Crippen LogP contribution in [0.15, 0.2) is 0 Å². The first-order valence-corrected chi connectivity index (χ1v) is 7.68. The summed E-state index contributed by atoms with van der Waals surface area (Å²) in [5, 5.41) is 10.3. The van der Waals surface area contributed by atoms with Gasteiger partial charge in [0.1, 0.15) is 15.2 Å². The van der Waals surface area contributed by atoms with Crippen molar-refractivity contribution in [1.29, 1.82) is 5.26 Å². The van der Waals surface area contributed by atoms with Crippen LogP contribution in [0.25, 0.3) is 0 Å². The lowest BCUT2D eigenvalue weighted by molar-refractivity contribution is 0.388. The third-order valence-electron chi connectivity index (χ3n) is 2.72. The summed E-state index contributed by atoms with van der Waals surface area (Å²) >= 11 is 1.24. The van der Waals surface area contributed by atoms with Gasteiger partial charge in [0.15, 0.2) is 0 Å². The Labute approximate surface area is 89.8 Å². The highest BCUT2D eigenvalue weighted by atomic mass is 32.2. The van der Waals surface area contributed by atoms with Crippen molar-refractivity contribution >= 4 is 21.6 Å². The van der Waals surface area contributed by atoms with E-state index in [4.69, 9.17) is 5.26 Å². The predicted molar refractivity (Wildman–Crippen MR) is 58.7 cm³/mol. The normalized spacial score (nSPS) is 28.3. The molecule has 0 N–H and O–H groups in total. The monoisotopic (exact) mass is 233 g/mol. The average molecular weight is 233 g/mol. The first kappa shape index (κ1) is 11.9. The maximum Gasteiger partial charge on any atom is 0.150 e. The summed E-state index contributed by atoms with van der Waals surface area (Å²) in [5.74, 6) is 1.19. The van der Waals surface area contributed by atoms with Gasteiger partial charge in [-0.05, 0) is 36.9 Å². The number of nitrogens with zero attached hydrogens (tertiary/aromatic N) is 1. The van der Waals surface area contributed by atoms with Gasteiger partial charge in [-0.3, -0.25) is 0 Å². The van der Waals surface area contributed by atoms with Crippen LogP contribution in [-0.2, 0) is 9.84 Å². The van der Waals surface area contributed by atoms with Gasteiger partial charge in [-0.15, -0.1) is 0 Å². The van der Waals surface area contributed by atoms with Crippen LogP contribution in [0.5, 0.6) is 0 Å². The van der Waals surface area contributed by atoms with Crippen LogP contribution in [0.3, 0.4) is 0 Å². The Morgan fingerprint density at radius 2 is 2.21 bits per heavy atom. The highest BCUT2D eigenvalue weighted by Gasteiger charge is 2.28. The first-order chi connectivity index (χ1) is 6.54. The van der Waals surface area contributed by atoms with E-state index in [1.54, 1.807) is 0 Å². The van der Waals surface area contributed by atoms with Crippen LogP contribution < -0.4 is 0 Å². The molecule has 0 bridgehead atoms. The van der Waals surface area contributed by atoms with Crippen LogP contribution in [0, 0.1) is 16.6 Å². The average Bonchev–Trinajstić information content (AvgIpc) is 2.14. The molecule has 14 heavy (non-hydrogen) atoms. The van der Waals surface area contributed by atoms with Crippen molar-refractivity contribution in [3.63, 3.8) is 0 Å². The highest BCUT2D eigenvalue weighted by Crippen LogP contribution is 2.30. The van der Waals surface area contributed by atoms with E-state index in [1.807, 2.05) is 5.40 Å². The quantitative estimate of drug-likeness (QED) is 0.697. The molecular weight excluding hydrogens is 218 g/mol. The van der Waals surface area contributed by atoms with Crippen LogP contribution >= 0.6 is 11.8 Å². The molecule has 0 aromatic carbocycles. The fourth-order valence-corrected chi connectivity index (χ4v) is 3.77. The fraction of sp³-hybridized carbons (Fsp3) is 0.889. The van der Waals surface area contributed by atoms with Crippen LogP contribution in [0.2, 0.25) is 0 Å². The van der Waals surface area contributed by atoms with Gasteiger partial charge in [0, 0.05) is 12.0 Å². The molecule has 0 amide bonds. The van der Waals surface area contributed by atoms with Gasteiger partial charge in [-0.1, -0.05) is 6.42 Å². The predicted octanol–water partition coefficient (Wildman–Crippen LogP) is 1.80. The summed E-state index contributed by atoms with van der Waals surface area (Å²) < 4.78 is 22.7. The molecule has 3 nitrogen and oxygen atoms in total. The summed E-state index contributed by atoms with van der Waals surface area (Å²) in [5.41, 5.74) is 0. The number of hydrogen-bond acceptors (Lipinski definition) is 4. The van der Waals surface area contributed by atoms with Crippen molar-refractivity contribution in [2.45, 2.75) is 30.9 Å². The molecule has 5 heteroatoms. The van der Waals surface area contributed by atoms with Crippen molar-refractivity contribution in [3.8, 4) is 5.40 Å². The third-order valence-corrected chi connectivity index (χ3v) is 5.13. The van der Waals surface area contributed by atoms with Crippen molar-refractivity contribution < 1.29 is 8.42 Å². The molecule has 1 fully saturated rings. The summed E-state index contributed by atoms with van der Waals surface area (Å²) in [7, 11) is -2.88. The zero-order valence-corrected chi connectivity index (χ0v) is 9.90. The Balaban J connectivity index is 2.49. The van der Waals surface area contributed by atoms with E-state index >= 15 is 0 Å². The summed E-state index contributed by atoms with van der Waals surface area (Å²) in [6.45, 7) is 0. The van der Waals surface area contributed by atoms with E-state index < -0.39 is 9.84 Å². The smallest absolute Gasteiger partial charge is 0.150 e. The summed E-state index contributed by atoms with van der Waals surface area (Å²) in [4.78, 5) is 0. The molecule has 0 aromatic heterocycles. The summed E-state index contributed by atoms with van der Waals surface area (Å²) in [6.07, 6.45) is 4.91. The second-order valence-corrected chi connectivity index (χ2v) is 7.02. The second-order valence-electron chi connectivity index (χ2n) is 3.89. The van der Waals surface area contributed by atoms with Crippen LogP contribution in [-0.4, -0.2) is 25.7 Å². The van der Waals surface area contributed by atoms with Gasteiger partial charge < -0.3 is 0 Å². The molecule has 0 spiro atoms. The van der Waals surface area contributed by atoms with Crippen LogP contribution in [0.4, 0.5) is 0 Å². The topological polar surface area (TPSA) is 57.9 Å². The highest BCUT2D eigenvalue weighted by molar-refractivity contribution is 8.03. The minimum absolute atomic E-state index is 0.166. The molecule has 0 saturated heterocycles. The maximum atomic E-state index is 11.3. The van der Waals surface area contributed by atoms with Gasteiger partial charge in [0.25, 0.3) is 0 Å². The maximum absolute atomic E-state index is 11.3. The number of thioether (sulfide) groups is 1. The Morgan fingerprint density at radius 1 is 1.50 bits per heavy atom. The zero-order chi connectivity index (χ0) is 10.6. The van der Waals surface area contributed by atoms with Gasteiger partial charge >= 0.3 is 0 Å². The van der Waals surface area contributed by atoms with E-state index in [0.717, 1.165) is 31.4 Å². The molecule has 0 unspecified atom stereocenters. The van der Waals surface area contributed by atoms with E-state index in [2.05, 4.69) is 0 Å². The number of nitriles is 1. The Kier molecular flexibility index (Phi) is 4.27. The molecule has 0 heterocycles. The summed E-state index contributed by atoms with van der Waals surface area (Å²) in [6, 6.07) is 0. The van der Waals surface area contributed by atoms with Crippen molar-refractivity contribution in [2.75, 3.05) is 12.0 Å². The van der Waals surface area contributed by atoms with Crippen LogP contribution in [0.1, 0.15) is 25.7 Å². The number of hydrogen-bond donors (Lipinski definition) is 0. The van der Waals surface area contributed by atoms with E-state index in [9.17, 15) is 8.42 Å². The molecule has 0 radical (unpaired) electrons. The molecule has 0 aromatic rings. The van der Waals surface area contributed by atoms with Gasteiger partial charge in [-0.2, -0.15) is 5.26 Å². The Bertz CT molecular complexity index is 318. The molecule has 1 aliphatic rings. The number of thiocyanates is 1. The molecule has 0 aliphatic heterocycles. The Morgan fingerprint density at radius 3 is 2.79 bits per heavy atom. The first-order valence-electron chi connectivity index (χ1n) is 4.73. The van der Waals surface area contributed by atoms with Gasteiger partial charge in [0.2, 0.25) is 0 Å². The zero-order valence-electron chi connectivity index (χ0n) is 8.27. The lowest BCUT2D eigenvalue weighted by Gasteiger charge is -2.26. The van der Waals surface area contributed by atoms with Gasteiger partial charge in [-0.25, -0.2) is 8.42 Å². The standard InChI is InChI=1S/C9H15NO2S2/c1-14(11,12)9-4-2-3-8(5-9)6-13-7-10/h8-9H,2-6H2,1H3/t8-,9+/m1/s1. The molecular formula is C9H15NO2S2. The van der Waals surface area contributed by atoms with E-state index in [0.29, 0.717) is 5.92 Å². The van der Waals surface area contributed by atoms with Crippen molar-refractivity contribution in [2.24, 2.45) is 5.92 Å². The SMILES string of the molecule is CS(=O)(=O)[C@H]1CCC[C@@H](CSC#N)C1. The molecule has 1 rings (SSSR count). The molecule has 2 atom stereocenters. The number of sulfone groups is 1. The molecule has 80 valence electrons. The fourth-order valence-electron chi connectivity index (χ4n) is 1.94. The third kappa shape index (κ3) is 3.50. The minimum Gasteiger partial charge on any atom is -0.229 e. The number of rotatable bonds is 3. The minimum atomic E-state index is -2.88. The largest absolute Gasteiger partial charge is 0.229 e.